The third-order valence-electron chi connectivity index (χ3n) is 3.05. The van der Waals surface area contributed by atoms with Crippen molar-refractivity contribution >= 4 is 23.3 Å². The van der Waals surface area contributed by atoms with Crippen LogP contribution in [-0.4, -0.2) is 23.7 Å². The molecule has 98 valence electrons. The molecule has 1 aromatic carbocycles. The van der Waals surface area contributed by atoms with Crippen molar-refractivity contribution < 1.29 is 9.90 Å². The molecule has 0 heterocycles. The standard InChI is InChI=1S/C14H18ClNO2/c1-9(2)8-16(11-4-5-11)13-6-3-10(15)7-12(13)14(17)18/h3,6-7,9,11H,4-5,8H2,1-2H3,(H,17,18). The summed E-state index contributed by atoms with van der Waals surface area (Å²) in [6.45, 7) is 5.17. The Balaban J connectivity index is 2.37. The molecule has 0 radical (unpaired) electrons. The molecule has 1 N–H and O–H groups in total. The lowest BCUT2D eigenvalue weighted by atomic mass is 10.1. The maximum Gasteiger partial charge on any atom is 0.337 e. The van der Waals surface area contributed by atoms with Crippen molar-refractivity contribution in [3.8, 4) is 0 Å². The van der Waals surface area contributed by atoms with E-state index in [0.717, 1.165) is 25.1 Å². The average molecular weight is 268 g/mol. The molecule has 3 nitrogen and oxygen atoms in total. The zero-order chi connectivity index (χ0) is 13.3. The maximum absolute atomic E-state index is 11.3. The number of aromatic carboxylic acids is 1. The predicted molar refractivity (Wildman–Crippen MR) is 73.6 cm³/mol. The third-order valence-corrected chi connectivity index (χ3v) is 3.28. The first kappa shape index (κ1) is 13.2. The lowest BCUT2D eigenvalue weighted by Crippen LogP contribution is -2.31. The number of halogens is 1. The Morgan fingerprint density at radius 2 is 2.17 bits per heavy atom. The van der Waals surface area contributed by atoms with Crippen LogP contribution < -0.4 is 4.90 Å². The van der Waals surface area contributed by atoms with E-state index < -0.39 is 5.97 Å². The van der Waals surface area contributed by atoms with Crippen LogP contribution in [0, 0.1) is 5.92 Å². The van der Waals surface area contributed by atoms with Crippen molar-refractivity contribution in [2.24, 2.45) is 5.92 Å². The largest absolute Gasteiger partial charge is 0.478 e. The Kier molecular flexibility index (Phi) is 3.81. The van der Waals surface area contributed by atoms with E-state index in [1.807, 2.05) is 6.07 Å². The van der Waals surface area contributed by atoms with Gasteiger partial charge < -0.3 is 10.0 Å². The number of nitrogens with zero attached hydrogens (tertiary/aromatic N) is 1. The van der Waals surface area contributed by atoms with E-state index in [-0.39, 0.29) is 0 Å². The van der Waals surface area contributed by atoms with Crippen molar-refractivity contribution in [1.82, 2.24) is 0 Å². The van der Waals surface area contributed by atoms with Gasteiger partial charge in [0.2, 0.25) is 0 Å². The van der Waals surface area contributed by atoms with Gasteiger partial charge >= 0.3 is 5.97 Å². The Morgan fingerprint density at radius 3 is 2.67 bits per heavy atom. The molecule has 1 aliphatic rings. The fourth-order valence-electron chi connectivity index (χ4n) is 2.15. The molecule has 0 saturated heterocycles. The lowest BCUT2D eigenvalue weighted by Gasteiger charge is -2.28. The molecule has 0 atom stereocenters. The van der Waals surface area contributed by atoms with Gasteiger partial charge in [0, 0.05) is 17.6 Å². The lowest BCUT2D eigenvalue weighted by molar-refractivity contribution is 0.0697. The Bertz CT molecular complexity index is 455. The molecule has 0 spiro atoms. The summed E-state index contributed by atoms with van der Waals surface area (Å²) >= 11 is 5.88. The minimum Gasteiger partial charge on any atom is -0.478 e. The summed E-state index contributed by atoms with van der Waals surface area (Å²) in [5, 5.41) is 9.76. The van der Waals surface area contributed by atoms with Gasteiger partial charge in [-0.25, -0.2) is 4.79 Å². The smallest absolute Gasteiger partial charge is 0.337 e. The van der Waals surface area contributed by atoms with Crippen LogP contribution in [0.25, 0.3) is 0 Å². The summed E-state index contributed by atoms with van der Waals surface area (Å²) in [5.74, 6) is -0.412. The van der Waals surface area contributed by atoms with Crippen LogP contribution in [0.1, 0.15) is 37.0 Å². The van der Waals surface area contributed by atoms with Gasteiger partial charge in [-0.3, -0.25) is 0 Å². The van der Waals surface area contributed by atoms with Crippen molar-refractivity contribution in [1.29, 1.82) is 0 Å². The van der Waals surface area contributed by atoms with Gasteiger partial charge in [-0.2, -0.15) is 0 Å². The highest BCUT2D eigenvalue weighted by Crippen LogP contribution is 2.35. The topological polar surface area (TPSA) is 40.5 Å². The number of benzene rings is 1. The minimum absolute atomic E-state index is 0.301. The van der Waals surface area contributed by atoms with Gasteiger partial charge in [0.1, 0.15) is 0 Å². The van der Waals surface area contributed by atoms with Gasteiger partial charge in [-0.1, -0.05) is 25.4 Å². The molecule has 1 aliphatic carbocycles. The van der Waals surface area contributed by atoms with Gasteiger partial charge in [-0.15, -0.1) is 0 Å². The van der Waals surface area contributed by atoms with Gasteiger partial charge in [-0.05, 0) is 37.0 Å². The van der Waals surface area contributed by atoms with E-state index >= 15 is 0 Å². The van der Waals surface area contributed by atoms with Crippen LogP contribution in [0.3, 0.4) is 0 Å². The summed E-state index contributed by atoms with van der Waals surface area (Å²) in [6.07, 6.45) is 2.29. The van der Waals surface area contributed by atoms with E-state index in [2.05, 4.69) is 18.7 Å². The number of anilines is 1. The number of carbonyl (C=O) groups is 1. The fraction of sp³-hybridized carbons (Fsp3) is 0.500. The molecule has 18 heavy (non-hydrogen) atoms. The van der Waals surface area contributed by atoms with Crippen molar-refractivity contribution in [2.75, 3.05) is 11.4 Å². The summed E-state index contributed by atoms with van der Waals surface area (Å²) in [7, 11) is 0. The van der Waals surface area contributed by atoms with Gasteiger partial charge in [0.25, 0.3) is 0 Å². The number of hydrogen-bond donors (Lipinski definition) is 1. The number of carboxylic acids is 1. The second-order valence-electron chi connectivity index (χ2n) is 5.24. The highest BCUT2D eigenvalue weighted by atomic mass is 35.5. The Hall–Kier alpha value is -1.22. The van der Waals surface area contributed by atoms with E-state index in [1.54, 1.807) is 6.07 Å². The summed E-state index contributed by atoms with van der Waals surface area (Å²) in [5.41, 5.74) is 1.10. The second-order valence-corrected chi connectivity index (χ2v) is 5.68. The molecule has 1 fully saturated rings. The number of hydrogen-bond acceptors (Lipinski definition) is 2. The quantitative estimate of drug-likeness (QED) is 0.885. The van der Waals surface area contributed by atoms with Crippen molar-refractivity contribution in [3.05, 3.63) is 28.8 Å². The van der Waals surface area contributed by atoms with Crippen LogP contribution in [0.2, 0.25) is 5.02 Å². The summed E-state index contributed by atoms with van der Waals surface area (Å²) in [4.78, 5) is 13.5. The molecule has 0 amide bonds. The molecule has 2 rings (SSSR count). The Morgan fingerprint density at radius 1 is 1.50 bits per heavy atom. The highest BCUT2D eigenvalue weighted by Gasteiger charge is 2.31. The monoisotopic (exact) mass is 267 g/mol. The molecule has 0 bridgehead atoms. The van der Waals surface area contributed by atoms with Gasteiger partial charge in [0.15, 0.2) is 0 Å². The zero-order valence-electron chi connectivity index (χ0n) is 10.7. The van der Waals surface area contributed by atoms with Crippen LogP contribution in [0.5, 0.6) is 0 Å². The van der Waals surface area contributed by atoms with Crippen LogP contribution in [0.4, 0.5) is 5.69 Å². The maximum atomic E-state index is 11.3. The van der Waals surface area contributed by atoms with Crippen LogP contribution in [-0.2, 0) is 0 Å². The number of rotatable bonds is 5. The Labute approximate surface area is 112 Å². The zero-order valence-corrected chi connectivity index (χ0v) is 11.4. The van der Waals surface area contributed by atoms with E-state index in [9.17, 15) is 9.90 Å². The highest BCUT2D eigenvalue weighted by molar-refractivity contribution is 6.31. The normalized spacial score (nSPS) is 14.9. The molecular formula is C14H18ClNO2. The molecule has 0 aromatic heterocycles. The molecule has 1 saturated carbocycles. The summed E-state index contributed by atoms with van der Waals surface area (Å²) in [6, 6.07) is 5.62. The van der Waals surface area contributed by atoms with Gasteiger partial charge in [0.05, 0.1) is 11.3 Å². The van der Waals surface area contributed by atoms with Crippen molar-refractivity contribution in [3.63, 3.8) is 0 Å². The fourth-order valence-corrected chi connectivity index (χ4v) is 2.33. The molecule has 0 aliphatic heterocycles. The van der Waals surface area contributed by atoms with E-state index in [1.165, 1.54) is 6.07 Å². The first-order chi connectivity index (χ1) is 8.49. The van der Waals surface area contributed by atoms with Crippen molar-refractivity contribution in [2.45, 2.75) is 32.7 Å². The third kappa shape index (κ3) is 2.96. The SMILES string of the molecule is CC(C)CN(c1ccc(Cl)cc1C(=O)O)C1CC1. The van der Waals surface area contributed by atoms with Crippen LogP contribution in [0.15, 0.2) is 18.2 Å². The van der Waals surface area contributed by atoms with E-state index in [0.29, 0.717) is 22.5 Å². The minimum atomic E-state index is -0.915. The van der Waals surface area contributed by atoms with E-state index in [4.69, 9.17) is 11.6 Å². The first-order valence-electron chi connectivity index (χ1n) is 6.28. The molecule has 4 heteroatoms. The van der Waals surface area contributed by atoms with Crippen LogP contribution >= 0.6 is 11.6 Å². The molecule has 0 unspecified atom stereocenters. The number of carboxylic acid groups (broad SMARTS) is 1. The molecule has 1 aromatic rings. The summed E-state index contributed by atoms with van der Waals surface area (Å²) < 4.78 is 0. The second kappa shape index (κ2) is 5.19. The first-order valence-corrected chi connectivity index (χ1v) is 6.66. The average Bonchev–Trinajstić information content (AvgIpc) is 3.09. The predicted octanol–water partition coefficient (Wildman–Crippen LogP) is 3.66. The molecular weight excluding hydrogens is 250 g/mol.